The number of unbranched alkanes of at least 4 members (excludes halogenated alkanes) is 1. The predicted molar refractivity (Wildman–Crippen MR) is 73.5 cm³/mol. The molecule has 0 amide bonds. The van der Waals surface area contributed by atoms with E-state index in [1.54, 1.807) is 6.92 Å². The van der Waals surface area contributed by atoms with Crippen LogP contribution in [0.5, 0.6) is 0 Å². The van der Waals surface area contributed by atoms with Crippen LogP contribution in [0, 0.1) is 0 Å². The largest absolute Gasteiger partial charge is 0.748 e. The zero-order chi connectivity index (χ0) is 13.9. The molecule has 0 saturated heterocycles. The van der Waals surface area contributed by atoms with E-state index in [0.29, 0.717) is 23.1 Å². The molecule has 0 radical (unpaired) electrons. The second-order valence-corrected chi connectivity index (χ2v) is 7.84. The lowest BCUT2D eigenvalue weighted by molar-refractivity contribution is -0.114. The average Bonchev–Trinajstić information content (AvgIpc) is 2.22. The van der Waals surface area contributed by atoms with Crippen molar-refractivity contribution in [1.29, 1.82) is 0 Å². The molecule has 0 aromatic rings. The molecule has 0 aromatic heterocycles. The van der Waals surface area contributed by atoms with Crippen LogP contribution < -0.4 is 0 Å². The maximum absolute atomic E-state index is 10.6. The van der Waals surface area contributed by atoms with Gasteiger partial charge >= 0.3 is 0 Å². The maximum atomic E-state index is 10.6. The number of hydrogen-bond donors (Lipinski definition) is 0. The van der Waals surface area contributed by atoms with Gasteiger partial charge in [0.05, 0.1) is 10.1 Å². The summed E-state index contributed by atoms with van der Waals surface area (Å²) in [6.45, 7) is 7.81. The summed E-state index contributed by atoms with van der Waals surface area (Å²) in [6.07, 6.45) is 1.23. The van der Waals surface area contributed by atoms with Gasteiger partial charge in [-0.3, -0.25) is 4.79 Å². The number of ketones is 1. The Balaban J connectivity index is 0. The Kier molecular flexibility index (Phi) is 12.5. The van der Waals surface area contributed by atoms with Crippen LogP contribution in [0.2, 0.25) is 0 Å². The van der Waals surface area contributed by atoms with Gasteiger partial charge in [0.2, 0.25) is 0 Å². The van der Waals surface area contributed by atoms with Crippen LogP contribution in [0.25, 0.3) is 0 Å². The van der Waals surface area contributed by atoms with Gasteiger partial charge in [-0.2, -0.15) is 0 Å². The molecule has 17 heavy (non-hydrogen) atoms. The van der Waals surface area contributed by atoms with Crippen molar-refractivity contribution in [1.82, 2.24) is 0 Å². The molecule has 0 aliphatic heterocycles. The minimum Gasteiger partial charge on any atom is -0.748 e. The summed E-state index contributed by atoms with van der Waals surface area (Å²) in [5, 5.41) is 0. The summed E-state index contributed by atoms with van der Waals surface area (Å²) in [7, 11) is -3.55. The van der Waals surface area contributed by atoms with E-state index >= 15 is 0 Å². The summed E-state index contributed by atoms with van der Waals surface area (Å²) in [4.78, 5) is 10.6. The smallest absolute Gasteiger partial charge is 0.178 e. The number of Topliss-reactive ketones (excluding diaryl/α,β-unsaturated/α-hetero) is 1. The fourth-order valence-corrected chi connectivity index (χ4v) is 3.05. The van der Waals surface area contributed by atoms with Crippen LogP contribution >= 0.6 is 0 Å². The summed E-state index contributed by atoms with van der Waals surface area (Å²) >= 11 is 0. The molecule has 0 fully saturated rings. The van der Waals surface area contributed by atoms with Crippen molar-refractivity contribution < 1.29 is 17.8 Å². The standard InChI is InChI=1S/C7H15OS.C4H10O3S/c1-4-9(5-2)6-7(3)8;1-2-3-4-8(5,6)7/h4-6H2,1-3H3;2-4H2,1H3,(H,5,6,7)/q+1;/p-1. The first-order valence-electron chi connectivity index (χ1n) is 5.83. The van der Waals surface area contributed by atoms with Crippen molar-refractivity contribution in [3.63, 3.8) is 0 Å². The van der Waals surface area contributed by atoms with Crippen molar-refractivity contribution in [3.05, 3.63) is 0 Å². The van der Waals surface area contributed by atoms with Gasteiger partial charge in [-0.05, 0) is 38.1 Å². The van der Waals surface area contributed by atoms with Crippen LogP contribution in [0.4, 0.5) is 0 Å². The monoisotopic (exact) mass is 284 g/mol. The van der Waals surface area contributed by atoms with Gasteiger partial charge < -0.3 is 4.55 Å². The third kappa shape index (κ3) is 18.5. The van der Waals surface area contributed by atoms with Crippen molar-refractivity contribution in [3.8, 4) is 0 Å². The molecule has 0 heterocycles. The van der Waals surface area contributed by atoms with Crippen LogP contribution in [0.1, 0.15) is 40.5 Å². The Labute approximate surface area is 108 Å². The SMILES string of the molecule is CCCCS(=O)(=O)[O-].CC[S+](CC)CC(C)=O. The molecule has 104 valence electrons. The van der Waals surface area contributed by atoms with E-state index in [0.717, 1.165) is 23.7 Å². The first-order valence-corrected chi connectivity index (χ1v) is 9.14. The van der Waals surface area contributed by atoms with E-state index in [1.165, 1.54) is 0 Å². The zero-order valence-corrected chi connectivity index (χ0v) is 12.8. The Morgan fingerprint density at radius 3 is 1.76 bits per heavy atom. The molecule has 0 rings (SSSR count). The molecule has 0 spiro atoms. The molecular weight excluding hydrogens is 260 g/mol. The van der Waals surface area contributed by atoms with Crippen LogP contribution in [-0.4, -0.2) is 41.8 Å². The third-order valence-electron chi connectivity index (χ3n) is 1.97. The van der Waals surface area contributed by atoms with Crippen molar-refractivity contribution in [2.45, 2.75) is 40.5 Å². The highest BCUT2D eigenvalue weighted by atomic mass is 32.2. The van der Waals surface area contributed by atoms with Gasteiger partial charge in [0.15, 0.2) is 11.5 Å². The molecule has 4 nitrogen and oxygen atoms in total. The van der Waals surface area contributed by atoms with Gasteiger partial charge in [0, 0.05) is 5.75 Å². The highest BCUT2D eigenvalue weighted by molar-refractivity contribution is 7.97. The third-order valence-corrected chi connectivity index (χ3v) is 5.21. The minimum absolute atomic E-state index is 0.219. The number of rotatable bonds is 7. The van der Waals surface area contributed by atoms with E-state index in [-0.39, 0.29) is 5.75 Å². The molecule has 0 atom stereocenters. The van der Waals surface area contributed by atoms with Crippen LogP contribution in [-0.2, 0) is 25.8 Å². The maximum Gasteiger partial charge on any atom is 0.178 e. The molecule has 0 aliphatic rings. The highest BCUT2D eigenvalue weighted by Crippen LogP contribution is 1.95. The fraction of sp³-hybridized carbons (Fsp3) is 0.909. The molecule has 6 heteroatoms. The Morgan fingerprint density at radius 1 is 1.18 bits per heavy atom. The molecular formula is C11H24O4S2. The minimum atomic E-state index is -3.94. The van der Waals surface area contributed by atoms with Gasteiger partial charge in [-0.25, -0.2) is 8.42 Å². The summed E-state index contributed by atoms with van der Waals surface area (Å²) in [5.41, 5.74) is 0. The Hall–Kier alpha value is -0.0700. The number of hydrogen-bond acceptors (Lipinski definition) is 4. The average molecular weight is 284 g/mol. The zero-order valence-electron chi connectivity index (χ0n) is 11.2. The summed E-state index contributed by atoms with van der Waals surface area (Å²) in [5.74, 6) is 3.24. The quantitative estimate of drug-likeness (QED) is 0.525. The van der Waals surface area contributed by atoms with E-state index in [2.05, 4.69) is 13.8 Å². The lowest BCUT2D eigenvalue weighted by Crippen LogP contribution is -2.17. The summed E-state index contributed by atoms with van der Waals surface area (Å²) < 4.78 is 29.5. The van der Waals surface area contributed by atoms with E-state index in [1.807, 2.05) is 6.92 Å². The fourth-order valence-electron chi connectivity index (χ4n) is 1.02. The predicted octanol–water partition coefficient (Wildman–Crippen LogP) is 1.57. The van der Waals surface area contributed by atoms with E-state index in [9.17, 15) is 17.8 Å². The first-order chi connectivity index (χ1) is 7.76. The Morgan fingerprint density at radius 2 is 1.65 bits per heavy atom. The lowest BCUT2D eigenvalue weighted by atomic mass is 10.4. The second-order valence-electron chi connectivity index (χ2n) is 3.65. The summed E-state index contributed by atoms with van der Waals surface area (Å²) in [6, 6.07) is 0. The topological polar surface area (TPSA) is 74.3 Å². The molecule has 0 saturated carbocycles. The first kappa shape index (κ1) is 19.3. The molecule has 0 aromatic carbocycles. The van der Waals surface area contributed by atoms with E-state index in [4.69, 9.17) is 0 Å². The normalized spacial score (nSPS) is 10.9. The van der Waals surface area contributed by atoms with Crippen LogP contribution in [0.3, 0.4) is 0 Å². The molecule has 0 N–H and O–H groups in total. The molecule has 0 bridgehead atoms. The van der Waals surface area contributed by atoms with Crippen LogP contribution in [0.15, 0.2) is 0 Å². The lowest BCUT2D eigenvalue weighted by Gasteiger charge is -2.02. The van der Waals surface area contributed by atoms with E-state index < -0.39 is 10.1 Å². The van der Waals surface area contributed by atoms with Gasteiger partial charge in [-0.15, -0.1) is 0 Å². The highest BCUT2D eigenvalue weighted by Gasteiger charge is 2.13. The number of carbonyl (C=O) groups excluding carboxylic acids is 1. The Bertz CT molecular complexity index is 282. The van der Waals surface area contributed by atoms with Crippen molar-refractivity contribution in [2.75, 3.05) is 23.0 Å². The molecule has 0 aliphatic carbocycles. The molecule has 0 unspecified atom stereocenters. The van der Waals surface area contributed by atoms with Crippen molar-refractivity contribution >= 4 is 26.8 Å². The van der Waals surface area contributed by atoms with Gasteiger partial charge in [-0.1, -0.05) is 13.3 Å². The number of carbonyl (C=O) groups is 1. The van der Waals surface area contributed by atoms with Gasteiger partial charge in [0.25, 0.3) is 0 Å². The van der Waals surface area contributed by atoms with Gasteiger partial charge in [0.1, 0.15) is 11.5 Å². The second kappa shape index (κ2) is 11.0. The van der Waals surface area contributed by atoms with Crippen molar-refractivity contribution in [2.24, 2.45) is 0 Å².